The second-order valence-corrected chi connectivity index (χ2v) is 6.31. The Morgan fingerprint density at radius 2 is 1.89 bits per heavy atom. The summed E-state index contributed by atoms with van der Waals surface area (Å²) >= 11 is 12.2. The van der Waals surface area contributed by atoms with Crippen molar-refractivity contribution in [3.05, 3.63) is 33.8 Å². The summed E-state index contributed by atoms with van der Waals surface area (Å²) in [6, 6.07) is 6.08. The molecule has 0 aliphatic heterocycles. The van der Waals surface area contributed by atoms with Crippen molar-refractivity contribution in [1.29, 1.82) is 0 Å². The molecule has 0 aromatic heterocycles. The van der Waals surface area contributed by atoms with Crippen LogP contribution in [0.1, 0.15) is 58.1 Å². The smallest absolute Gasteiger partial charge is 0.0468 e. The van der Waals surface area contributed by atoms with Gasteiger partial charge in [0.05, 0.1) is 0 Å². The van der Waals surface area contributed by atoms with Crippen molar-refractivity contribution in [2.45, 2.75) is 52.5 Å². The van der Waals surface area contributed by atoms with Crippen molar-refractivity contribution >= 4 is 23.2 Å². The predicted molar refractivity (Wildman–Crippen MR) is 86.2 cm³/mol. The summed E-state index contributed by atoms with van der Waals surface area (Å²) in [5.41, 5.74) is 1.15. The normalized spacial score (nSPS) is 12.9. The van der Waals surface area contributed by atoms with Crippen LogP contribution in [0.5, 0.6) is 0 Å². The van der Waals surface area contributed by atoms with Crippen molar-refractivity contribution in [2.75, 3.05) is 6.54 Å². The fourth-order valence-corrected chi connectivity index (χ4v) is 2.75. The van der Waals surface area contributed by atoms with Gasteiger partial charge in [-0.25, -0.2) is 0 Å². The maximum atomic E-state index is 6.26. The minimum atomic E-state index is 0.323. The quantitative estimate of drug-likeness (QED) is 0.593. The molecule has 1 aromatic carbocycles. The van der Waals surface area contributed by atoms with Gasteiger partial charge in [0.25, 0.3) is 0 Å². The van der Waals surface area contributed by atoms with Gasteiger partial charge in [0, 0.05) is 16.1 Å². The monoisotopic (exact) mass is 301 g/mol. The molecule has 0 amide bonds. The van der Waals surface area contributed by atoms with Crippen molar-refractivity contribution in [1.82, 2.24) is 5.32 Å². The summed E-state index contributed by atoms with van der Waals surface area (Å²) in [6.07, 6.45) is 4.85. The van der Waals surface area contributed by atoms with Gasteiger partial charge in [-0.15, -0.1) is 0 Å². The average Bonchev–Trinajstić information content (AvgIpc) is 2.34. The molecule has 108 valence electrons. The van der Waals surface area contributed by atoms with Crippen LogP contribution in [0.3, 0.4) is 0 Å². The van der Waals surface area contributed by atoms with E-state index in [1.54, 1.807) is 0 Å². The average molecular weight is 302 g/mol. The molecule has 1 nitrogen and oxygen atoms in total. The highest BCUT2D eigenvalue weighted by atomic mass is 35.5. The van der Waals surface area contributed by atoms with Gasteiger partial charge in [-0.1, -0.05) is 62.9 Å². The van der Waals surface area contributed by atoms with E-state index in [0.29, 0.717) is 11.1 Å². The molecular weight excluding hydrogens is 277 g/mol. The van der Waals surface area contributed by atoms with Crippen molar-refractivity contribution in [3.63, 3.8) is 0 Å². The molecule has 19 heavy (non-hydrogen) atoms. The molecule has 1 rings (SSSR count). The highest BCUT2D eigenvalue weighted by Crippen LogP contribution is 2.28. The van der Waals surface area contributed by atoms with Crippen molar-refractivity contribution in [2.24, 2.45) is 5.92 Å². The Labute approximate surface area is 127 Å². The number of rotatable bonds is 8. The van der Waals surface area contributed by atoms with Crippen LogP contribution in [-0.4, -0.2) is 6.54 Å². The second-order valence-electron chi connectivity index (χ2n) is 5.47. The summed E-state index contributed by atoms with van der Waals surface area (Å²) < 4.78 is 0. The van der Waals surface area contributed by atoms with Gasteiger partial charge in [-0.05, 0) is 43.0 Å². The maximum Gasteiger partial charge on any atom is 0.0468 e. The highest BCUT2D eigenvalue weighted by Gasteiger charge is 2.12. The van der Waals surface area contributed by atoms with E-state index in [2.05, 4.69) is 26.1 Å². The highest BCUT2D eigenvalue weighted by molar-refractivity contribution is 6.35. The Bertz CT molecular complexity index is 377. The molecule has 0 aliphatic rings. The molecule has 1 unspecified atom stereocenters. The molecular formula is C16H25Cl2N. The minimum Gasteiger partial charge on any atom is -0.310 e. The molecule has 0 saturated carbocycles. The zero-order valence-corrected chi connectivity index (χ0v) is 13.7. The molecule has 0 fully saturated rings. The molecule has 1 atom stereocenters. The summed E-state index contributed by atoms with van der Waals surface area (Å²) in [6.45, 7) is 7.77. The first-order chi connectivity index (χ1) is 9.04. The Morgan fingerprint density at radius 3 is 2.47 bits per heavy atom. The summed E-state index contributed by atoms with van der Waals surface area (Å²) in [5, 5.41) is 5.05. The molecule has 0 bridgehead atoms. The van der Waals surface area contributed by atoms with Crippen LogP contribution in [0.15, 0.2) is 18.2 Å². The topological polar surface area (TPSA) is 12.0 Å². The van der Waals surface area contributed by atoms with E-state index < -0.39 is 0 Å². The molecule has 0 heterocycles. The number of halogens is 2. The third kappa shape index (κ3) is 6.16. The lowest BCUT2D eigenvalue weighted by Crippen LogP contribution is -2.22. The van der Waals surface area contributed by atoms with Gasteiger partial charge in [-0.2, -0.15) is 0 Å². The first-order valence-corrected chi connectivity index (χ1v) is 7.98. The fourth-order valence-electron chi connectivity index (χ4n) is 2.21. The van der Waals surface area contributed by atoms with Crippen LogP contribution >= 0.6 is 23.2 Å². The van der Waals surface area contributed by atoms with Crippen LogP contribution in [0.25, 0.3) is 0 Å². The molecule has 0 saturated heterocycles. The number of hydrogen-bond donors (Lipinski definition) is 1. The van der Waals surface area contributed by atoms with Crippen LogP contribution in [0, 0.1) is 5.92 Å². The number of hydrogen-bond acceptors (Lipinski definition) is 1. The molecule has 0 radical (unpaired) electrons. The fraction of sp³-hybridized carbons (Fsp3) is 0.625. The Kier molecular flexibility index (Phi) is 7.82. The second kappa shape index (κ2) is 8.84. The van der Waals surface area contributed by atoms with E-state index in [9.17, 15) is 0 Å². The van der Waals surface area contributed by atoms with E-state index in [4.69, 9.17) is 23.2 Å². The largest absolute Gasteiger partial charge is 0.310 e. The zero-order chi connectivity index (χ0) is 14.3. The Balaban J connectivity index is 2.45. The van der Waals surface area contributed by atoms with Crippen LogP contribution in [0.4, 0.5) is 0 Å². The van der Waals surface area contributed by atoms with Gasteiger partial charge in [0.15, 0.2) is 0 Å². The lowest BCUT2D eigenvalue weighted by Gasteiger charge is -2.19. The molecule has 3 heteroatoms. The van der Waals surface area contributed by atoms with Gasteiger partial charge in [0.2, 0.25) is 0 Å². The van der Waals surface area contributed by atoms with Gasteiger partial charge < -0.3 is 5.32 Å². The van der Waals surface area contributed by atoms with Gasteiger partial charge in [-0.3, -0.25) is 0 Å². The molecule has 1 N–H and O–H groups in total. The van der Waals surface area contributed by atoms with Crippen molar-refractivity contribution in [3.8, 4) is 0 Å². The first kappa shape index (κ1) is 16.8. The number of benzene rings is 1. The van der Waals surface area contributed by atoms with Crippen LogP contribution in [0.2, 0.25) is 10.0 Å². The minimum absolute atomic E-state index is 0.323. The van der Waals surface area contributed by atoms with E-state index in [-0.39, 0.29) is 0 Å². The standard InChI is InChI=1S/C16H25Cl2N/c1-4-16(19-10-6-5-7-12(2)3)14-9-8-13(17)11-15(14)18/h8-9,11-12,16,19H,4-7,10H2,1-3H3. The Morgan fingerprint density at radius 1 is 1.16 bits per heavy atom. The maximum absolute atomic E-state index is 6.26. The lowest BCUT2D eigenvalue weighted by molar-refractivity contribution is 0.476. The summed E-state index contributed by atoms with van der Waals surface area (Å²) in [5.74, 6) is 0.799. The van der Waals surface area contributed by atoms with Gasteiger partial charge >= 0.3 is 0 Å². The summed E-state index contributed by atoms with van der Waals surface area (Å²) in [7, 11) is 0. The lowest BCUT2D eigenvalue weighted by atomic mass is 10.0. The third-order valence-corrected chi connectivity index (χ3v) is 3.91. The number of nitrogens with one attached hydrogen (secondary N) is 1. The van der Waals surface area contributed by atoms with E-state index >= 15 is 0 Å². The van der Waals surface area contributed by atoms with E-state index in [1.807, 2.05) is 18.2 Å². The molecule has 0 spiro atoms. The van der Waals surface area contributed by atoms with Crippen LogP contribution < -0.4 is 5.32 Å². The predicted octanol–water partition coefficient (Wildman–Crippen LogP) is 5.86. The van der Waals surface area contributed by atoms with Crippen molar-refractivity contribution < 1.29 is 0 Å². The van der Waals surface area contributed by atoms with E-state index in [0.717, 1.165) is 29.5 Å². The first-order valence-electron chi connectivity index (χ1n) is 7.23. The van der Waals surface area contributed by atoms with Crippen LogP contribution in [-0.2, 0) is 0 Å². The SMILES string of the molecule is CCC(NCCCCC(C)C)c1ccc(Cl)cc1Cl. The van der Waals surface area contributed by atoms with E-state index in [1.165, 1.54) is 19.3 Å². The number of unbranched alkanes of at least 4 members (excludes halogenated alkanes) is 1. The Hall–Kier alpha value is -0.240. The zero-order valence-electron chi connectivity index (χ0n) is 12.2. The third-order valence-electron chi connectivity index (χ3n) is 3.35. The van der Waals surface area contributed by atoms with Gasteiger partial charge in [0.1, 0.15) is 0 Å². The molecule has 1 aromatic rings. The molecule has 0 aliphatic carbocycles. The summed E-state index contributed by atoms with van der Waals surface area (Å²) in [4.78, 5) is 0.